The summed E-state index contributed by atoms with van der Waals surface area (Å²) >= 11 is 3.46. The smallest absolute Gasteiger partial charge is 0.133 e. The zero-order valence-electron chi connectivity index (χ0n) is 11.6. The van der Waals surface area contributed by atoms with Crippen molar-refractivity contribution >= 4 is 21.7 Å². The molecule has 18 heavy (non-hydrogen) atoms. The highest BCUT2D eigenvalue weighted by Gasteiger charge is 2.13. The van der Waals surface area contributed by atoms with E-state index < -0.39 is 0 Å². The molecule has 5 heteroatoms. The first-order chi connectivity index (χ1) is 8.58. The van der Waals surface area contributed by atoms with Gasteiger partial charge in [-0.1, -0.05) is 6.92 Å². The molecule has 4 nitrogen and oxygen atoms in total. The highest BCUT2D eigenvalue weighted by atomic mass is 79.9. The molecule has 0 N–H and O–H groups in total. The lowest BCUT2D eigenvalue weighted by Crippen LogP contribution is -2.34. The van der Waals surface area contributed by atoms with Crippen LogP contribution in [0.2, 0.25) is 0 Å². The van der Waals surface area contributed by atoms with Gasteiger partial charge in [-0.25, -0.2) is 9.97 Å². The van der Waals surface area contributed by atoms with Crippen molar-refractivity contribution < 1.29 is 4.74 Å². The van der Waals surface area contributed by atoms with E-state index in [2.05, 4.69) is 51.6 Å². The largest absolute Gasteiger partial charge is 0.383 e. The predicted octanol–water partition coefficient (Wildman–Crippen LogP) is 3.05. The number of ether oxygens (including phenoxy) is 1. The highest BCUT2D eigenvalue weighted by Crippen LogP contribution is 2.19. The fraction of sp³-hybridized carbons (Fsp3) is 0.692. The van der Waals surface area contributed by atoms with Gasteiger partial charge in [-0.05, 0) is 36.2 Å². The number of halogens is 1. The molecule has 0 atom stereocenters. The molecule has 0 saturated carbocycles. The Hall–Kier alpha value is -0.680. The van der Waals surface area contributed by atoms with Gasteiger partial charge in [0.2, 0.25) is 0 Å². The number of hydrogen-bond acceptors (Lipinski definition) is 4. The van der Waals surface area contributed by atoms with E-state index in [1.165, 1.54) is 0 Å². The minimum Gasteiger partial charge on any atom is -0.383 e. The molecule has 0 saturated heterocycles. The van der Waals surface area contributed by atoms with E-state index in [9.17, 15) is 0 Å². The summed E-state index contributed by atoms with van der Waals surface area (Å²) < 4.78 is 6.00. The minimum atomic E-state index is 0.386. The van der Waals surface area contributed by atoms with Crippen LogP contribution in [0.25, 0.3) is 0 Å². The molecule has 1 aromatic rings. The monoisotopic (exact) mass is 315 g/mol. The normalized spacial score (nSPS) is 11.0. The topological polar surface area (TPSA) is 38.2 Å². The van der Waals surface area contributed by atoms with Gasteiger partial charge in [0, 0.05) is 32.2 Å². The third-order valence-electron chi connectivity index (χ3n) is 2.66. The van der Waals surface area contributed by atoms with Crippen LogP contribution in [0.1, 0.15) is 33.0 Å². The summed E-state index contributed by atoms with van der Waals surface area (Å²) in [6.45, 7) is 7.98. The second-order valence-electron chi connectivity index (χ2n) is 4.50. The summed E-state index contributed by atoms with van der Waals surface area (Å²) in [4.78, 5) is 11.3. The molecule has 0 bridgehead atoms. The van der Waals surface area contributed by atoms with Crippen LogP contribution in [-0.2, 0) is 11.2 Å². The van der Waals surface area contributed by atoms with E-state index in [4.69, 9.17) is 4.74 Å². The predicted molar refractivity (Wildman–Crippen MR) is 78.1 cm³/mol. The second kappa shape index (κ2) is 7.69. The Morgan fingerprint density at radius 3 is 2.67 bits per heavy atom. The number of rotatable bonds is 7. The van der Waals surface area contributed by atoms with Crippen LogP contribution in [0.4, 0.5) is 5.82 Å². The van der Waals surface area contributed by atoms with Gasteiger partial charge in [0.1, 0.15) is 16.2 Å². The maximum Gasteiger partial charge on any atom is 0.133 e. The lowest BCUT2D eigenvalue weighted by molar-refractivity contribution is 0.203. The number of aryl methyl sites for hydroxylation is 1. The molecule has 0 fully saturated rings. The molecule has 0 spiro atoms. The summed E-state index contributed by atoms with van der Waals surface area (Å²) in [6, 6.07) is 2.35. The molecule has 1 aromatic heterocycles. The lowest BCUT2D eigenvalue weighted by atomic mass is 10.3. The van der Waals surface area contributed by atoms with Crippen molar-refractivity contribution in [1.29, 1.82) is 0 Å². The molecule has 0 aromatic carbocycles. The van der Waals surface area contributed by atoms with Gasteiger partial charge in [0.15, 0.2) is 0 Å². The molecule has 1 rings (SSSR count). The first kappa shape index (κ1) is 15.4. The van der Waals surface area contributed by atoms with Crippen molar-refractivity contribution in [3.63, 3.8) is 0 Å². The molecule has 0 aliphatic heterocycles. The average molecular weight is 316 g/mol. The maximum atomic E-state index is 5.16. The maximum absolute atomic E-state index is 5.16. The van der Waals surface area contributed by atoms with E-state index in [1.54, 1.807) is 7.11 Å². The Bertz CT molecular complexity index is 371. The van der Waals surface area contributed by atoms with Crippen LogP contribution < -0.4 is 4.90 Å². The number of hydrogen-bond donors (Lipinski definition) is 0. The number of anilines is 1. The molecular weight excluding hydrogens is 294 g/mol. The molecule has 0 amide bonds. The number of aromatic nitrogens is 2. The van der Waals surface area contributed by atoms with Crippen molar-refractivity contribution in [1.82, 2.24) is 9.97 Å². The van der Waals surface area contributed by atoms with Crippen LogP contribution in [-0.4, -0.2) is 36.3 Å². The van der Waals surface area contributed by atoms with E-state index >= 15 is 0 Å². The quantitative estimate of drug-likeness (QED) is 0.725. The molecular formula is C13H22BrN3O. The van der Waals surface area contributed by atoms with Crippen LogP contribution in [0, 0.1) is 0 Å². The van der Waals surface area contributed by atoms with Crippen molar-refractivity contribution in [3.8, 4) is 0 Å². The Kier molecular flexibility index (Phi) is 6.57. The zero-order valence-corrected chi connectivity index (χ0v) is 13.2. The van der Waals surface area contributed by atoms with E-state index in [1.807, 2.05) is 6.07 Å². The van der Waals surface area contributed by atoms with Gasteiger partial charge in [-0.3, -0.25) is 0 Å². The molecule has 0 radical (unpaired) electrons. The third kappa shape index (κ3) is 4.53. The third-order valence-corrected chi connectivity index (χ3v) is 3.06. The lowest BCUT2D eigenvalue weighted by Gasteiger charge is -2.27. The standard InChI is InChI=1S/C13H22BrN3O/c1-5-6-12-15-11(14)9-13(16-12)17(10(2)3)7-8-18-4/h9-10H,5-8H2,1-4H3. The number of nitrogens with zero attached hydrogens (tertiary/aromatic N) is 3. The van der Waals surface area contributed by atoms with Gasteiger partial charge in [-0.15, -0.1) is 0 Å². The average Bonchev–Trinajstić information content (AvgIpc) is 2.28. The van der Waals surface area contributed by atoms with Crippen LogP contribution >= 0.6 is 15.9 Å². The van der Waals surface area contributed by atoms with E-state index in [0.717, 1.165) is 35.6 Å². The highest BCUT2D eigenvalue weighted by molar-refractivity contribution is 9.10. The van der Waals surface area contributed by atoms with Crippen molar-refractivity contribution in [2.24, 2.45) is 0 Å². The fourth-order valence-electron chi connectivity index (χ4n) is 1.76. The summed E-state index contributed by atoms with van der Waals surface area (Å²) in [6.07, 6.45) is 1.96. The Labute approximate surface area is 118 Å². The zero-order chi connectivity index (χ0) is 13.5. The fourth-order valence-corrected chi connectivity index (χ4v) is 2.17. The van der Waals surface area contributed by atoms with Crippen LogP contribution in [0.15, 0.2) is 10.7 Å². The molecule has 0 aliphatic rings. The Morgan fingerprint density at radius 2 is 2.11 bits per heavy atom. The van der Waals surface area contributed by atoms with Crippen LogP contribution in [0.3, 0.4) is 0 Å². The van der Waals surface area contributed by atoms with E-state index in [-0.39, 0.29) is 0 Å². The summed E-state index contributed by atoms with van der Waals surface area (Å²) in [5.74, 6) is 1.86. The summed E-state index contributed by atoms with van der Waals surface area (Å²) in [7, 11) is 1.72. The van der Waals surface area contributed by atoms with Crippen LogP contribution in [0.5, 0.6) is 0 Å². The second-order valence-corrected chi connectivity index (χ2v) is 5.31. The molecule has 1 heterocycles. The molecule has 102 valence electrons. The summed E-state index contributed by atoms with van der Waals surface area (Å²) in [5, 5.41) is 0. The van der Waals surface area contributed by atoms with Crippen molar-refractivity contribution in [3.05, 3.63) is 16.5 Å². The molecule has 0 unspecified atom stereocenters. The Morgan fingerprint density at radius 1 is 1.39 bits per heavy atom. The molecule has 0 aliphatic carbocycles. The van der Waals surface area contributed by atoms with Gasteiger partial charge < -0.3 is 9.64 Å². The van der Waals surface area contributed by atoms with Crippen molar-refractivity contribution in [2.45, 2.75) is 39.7 Å². The first-order valence-electron chi connectivity index (χ1n) is 6.37. The van der Waals surface area contributed by atoms with Gasteiger partial charge >= 0.3 is 0 Å². The summed E-state index contributed by atoms with van der Waals surface area (Å²) in [5.41, 5.74) is 0. The first-order valence-corrected chi connectivity index (χ1v) is 7.16. The van der Waals surface area contributed by atoms with E-state index in [0.29, 0.717) is 12.6 Å². The van der Waals surface area contributed by atoms with Crippen molar-refractivity contribution in [2.75, 3.05) is 25.2 Å². The SMILES string of the molecule is CCCc1nc(Br)cc(N(CCOC)C(C)C)n1. The van der Waals surface area contributed by atoms with Gasteiger partial charge in [0.05, 0.1) is 6.61 Å². The minimum absolute atomic E-state index is 0.386. The van der Waals surface area contributed by atoms with Gasteiger partial charge in [0.25, 0.3) is 0 Å². The van der Waals surface area contributed by atoms with Gasteiger partial charge in [-0.2, -0.15) is 0 Å². The number of methoxy groups -OCH3 is 1. The Balaban J connectivity index is 2.95.